The van der Waals surface area contributed by atoms with Crippen LogP contribution >= 0.6 is 0 Å². The number of carboxylic acid groups (broad SMARTS) is 1. The first-order valence-electron chi connectivity index (χ1n) is 13.6. The van der Waals surface area contributed by atoms with Gasteiger partial charge in [-0.25, -0.2) is 27.5 Å². The molecule has 10 nitrogen and oxygen atoms in total. The highest BCUT2D eigenvalue weighted by Gasteiger charge is 2.35. The summed E-state index contributed by atoms with van der Waals surface area (Å²) in [4.78, 5) is 33.9. The first kappa shape index (κ1) is 30.0. The SMILES string of the molecule is Cc1nc2cc(C(=O)NCc3ncc(F)cc3F)nn2c(-c2cc(F)c3c(c2C)CCCO3)c1[C@H](OC(C)(C)C)C(=O)O. The number of carbonyl (C=O) groups is 2. The molecular weight excluding hydrogens is 567 g/mol. The third-order valence-corrected chi connectivity index (χ3v) is 7.01. The van der Waals surface area contributed by atoms with Gasteiger partial charge in [-0.3, -0.25) is 9.78 Å². The zero-order chi connectivity index (χ0) is 31.2. The number of fused-ring (bicyclic) bond motifs is 2. The highest BCUT2D eigenvalue weighted by Crippen LogP contribution is 2.41. The van der Waals surface area contributed by atoms with Gasteiger partial charge in [-0.05, 0) is 59.1 Å². The smallest absolute Gasteiger partial charge is 0.337 e. The molecular formula is C30H30F3N5O5. The molecule has 13 heteroatoms. The van der Waals surface area contributed by atoms with Crippen LogP contribution in [-0.4, -0.2) is 48.8 Å². The lowest BCUT2D eigenvalue weighted by Crippen LogP contribution is -2.29. The van der Waals surface area contributed by atoms with Crippen molar-refractivity contribution in [3.63, 3.8) is 0 Å². The third kappa shape index (κ3) is 5.89. The molecule has 0 fully saturated rings. The van der Waals surface area contributed by atoms with Crippen molar-refractivity contribution in [1.82, 2.24) is 24.9 Å². The van der Waals surface area contributed by atoms with Crippen LogP contribution in [0.1, 0.15) is 71.9 Å². The van der Waals surface area contributed by atoms with E-state index in [1.54, 1.807) is 34.6 Å². The maximum atomic E-state index is 15.5. The van der Waals surface area contributed by atoms with Crippen LogP contribution in [0.3, 0.4) is 0 Å². The average Bonchev–Trinajstić information content (AvgIpc) is 3.36. The van der Waals surface area contributed by atoms with Crippen molar-refractivity contribution in [2.75, 3.05) is 6.61 Å². The number of ether oxygens (including phenoxy) is 2. The van der Waals surface area contributed by atoms with Gasteiger partial charge in [-0.15, -0.1) is 0 Å². The van der Waals surface area contributed by atoms with Crippen molar-refractivity contribution < 1.29 is 37.3 Å². The van der Waals surface area contributed by atoms with E-state index in [1.807, 2.05) is 0 Å². The number of aromatic nitrogens is 4. The van der Waals surface area contributed by atoms with E-state index >= 15 is 4.39 Å². The zero-order valence-corrected chi connectivity index (χ0v) is 24.2. The van der Waals surface area contributed by atoms with Crippen LogP contribution < -0.4 is 10.1 Å². The van der Waals surface area contributed by atoms with E-state index in [4.69, 9.17) is 9.47 Å². The number of carbonyl (C=O) groups excluding carboxylic acids is 1. The summed E-state index contributed by atoms with van der Waals surface area (Å²) in [5.41, 5.74) is 1.24. The first-order chi connectivity index (χ1) is 20.2. The standard InChI is InChI=1S/C30H30F3N5O5/c1-14-17-7-6-8-42-26(17)20(33)10-18(14)25-24(27(29(40)41)43-30(3,4)5)15(2)36-23-11-21(37-38(23)25)28(39)35-13-22-19(32)9-16(31)12-34-22/h9-12,27H,6-8,13H2,1-5H3,(H,35,39)(H,40,41)/t27-/m0/s1. The summed E-state index contributed by atoms with van der Waals surface area (Å²) in [6, 6.07) is 3.29. The molecule has 0 saturated carbocycles. The number of nitrogens with one attached hydrogen (secondary N) is 1. The normalized spacial score (nSPS) is 13.9. The Kier molecular flexibility index (Phi) is 7.86. The minimum absolute atomic E-state index is 0.129. The molecule has 5 rings (SSSR count). The van der Waals surface area contributed by atoms with Gasteiger partial charge in [0, 0.05) is 34.5 Å². The predicted octanol–water partition coefficient (Wildman–Crippen LogP) is 5.02. The number of hydrogen-bond donors (Lipinski definition) is 2. The minimum Gasteiger partial charge on any atom is -0.490 e. The van der Waals surface area contributed by atoms with E-state index in [1.165, 1.54) is 16.6 Å². The van der Waals surface area contributed by atoms with Gasteiger partial charge in [0.05, 0.1) is 36.3 Å². The number of aliphatic carboxylic acids is 1. The molecule has 3 aromatic heterocycles. The summed E-state index contributed by atoms with van der Waals surface area (Å²) in [6.45, 7) is 8.54. The summed E-state index contributed by atoms with van der Waals surface area (Å²) in [6.07, 6.45) is 0.542. The quantitative estimate of drug-likeness (QED) is 0.304. The maximum Gasteiger partial charge on any atom is 0.337 e. The molecule has 2 N–H and O–H groups in total. The Bertz CT molecular complexity index is 1770. The fraction of sp³-hybridized carbons (Fsp3) is 0.367. The topological polar surface area (TPSA) is 128 Å². The summed E-state index contributed by atoms with van der Waals surface area (Å²) >= 11 is 0. The van der Waals surface area contributed by atoms with Crippen molar-refractivity contribution in [2.24, 2.45) is 0 Å². The van der Waals surface area contributed by atoms with Crippen LogP contribution in [-0.2, 0) is 22.5 Å². The number of carboxylic acids is 1. The molecule has 1 amide bonds. The summed E-state index contributed by atoms with van der Waals surface area (Å²) in [5, 5.41) is 17.2. The van der Waals surface area contributed by atoms with Gasteiger partial charge < -0.3 is 19.9 Å². The van der Waals surface area contributed by atoms with Crippen LogP contribution in [0.5, 0.6) is 5.75 Å². The Hall–Kier alpha value is -4.52. The van der Waals surface area contributed by atoms with E-state index in [2.05, 4.69) is 20.4 Å². The third-order valence-electron chi connectivity index (χ3n) is 7.01. The van der Waals surface area contributed by atoms with Gasteiger partial charge in [0.1, 0.15) is 11.6 Å². The Morgan fingerprint density at radius 1 is 1.16 bits per heavy atom. The number of amides is 1. The Morgan fingerprint density at radius 3 is 2.58 bits per heavy atom. The molecule has 43 heavy (non-hydrogen) atoms. The fourth-order valence-corrected chi connectivity index (χ4v) is 5.13. The fourth-order valence-electron chi connectivity index (χ4n) is 5.13. The molecule has 4 heterocycles. The molecule has 0 saturated heterocycles. The van der Waals surface area contributed by atoms with Gasteiger partial charge in [-0.2, -0.15) is 5.10 Å². The summed E-state index contributed by atoms with van der Waals surface area (Å²) in [7, 11) is 0. The summed E-state index contributed by atoms with van der Waals surface area (Å²) < 4.78 is 55.6. The average molecular weight is 598 g/mol. The van der Waals surface area contributed by atoms with E-state index < -0.39 is 41.0 Å². The summed E-state index contributed by atoms with van der Waals surface area (Å²) in [5.74, 6) is -4.26. The lowest BCUT2D eigenvalue weighted by atomic mass is 9.91. The van der Waals surface area contributed by atoms with Gasteiger partial charge in [0.15, 0.2) is 29.0 Å². The minimum atomic E-state index is -1.52. The molecule has 226 valence electrons. The molecule has 0 spiro atoms. The monoisotopic (exact) mass is 597 g/mol. The largest absolute Gasteiger partial charge is 0.490 e. The second-order valence-electron chi connectivity index (χ2n) is 11.3. The van der Waals surface area contributed by atoms with E-state index in [0.29, 0.717) is 42.2 Å². The van der Waals surface area contributed by atoms with Crippen LogP contribution in [0.4, 0.5) is 13.2 Å². The Morgan fingerprint density at radius 2 is 1.91 bits per heavy atom. The Balaban J connectivity index is 1.69. The number of nitrogens with zero attached hydrogens (tertiary/aromatic N) is 4. The molecule has 1 aliphatic rings. The number of benzene rings is 1. The van der Waals surface area contributed by atoms with Crippen molar-refractivity contribution in [3.8, 4) is 17.0 Å². The van der Waals surface area contributed by atoms with Crippen LogP contribution in [0.15, 0.2) is 24.4 Å². The van der Waals surface area contributed by atoms with Crippen LogP contribution in [0, 0.1) is 31.3 Å². The molecule has 1 aliphatic heterocycles. The van der Waals surface area contributed by atoms with Gasteiger partial charge in [-0.1, -0.05) is 0 Å². The molecule has 0 unspecified atom stereocenters. The van der Waals surface area contributed by atoms with Gasteiger partial charge >= 0.3 is 5.97 Å². The van der Waals surface area contributed by atoms with Crippen LogP contribution in [0.2, 0.25) is 0 Å². The maximum absolute atomic E-state index is 15.5. The number of rotatable bonds is 7. The van der Waals surface area contributed by atoms with Gasteiger partial charge in [0.25, 0.3) is 5.91 Å². The van der Waals surface area contributed by atoms with Crippen LogP contribution in [0.25, 0.3) is 16.9 Å². The molecule has 0 aliphatic carbocycles. The van der Waals surface area contributed by atoms with Crippen molar-refractivity contribution in [1.29, 1.82) is 0 Å². The second-order valence-corrected chi connectivity index (χ2v) is 11.3. The highest BCUT2D eigenvalue weighted by atomic mass is 19.1. The molecule has 1 aromatic carbocycles. The first-order valence-corrected chi connectivity index (χ1v) is 13.6. The zero-order valence-electron chi connectivity index (χ0n) is 24.2. The highest BCUT2D eigenvalue weighted by molar-refractivity contribution is 5.93. The second kappa shape index (κ2) is 11.3. The van der Waals surface area contributed by atoms with E-state index in [0.717, 1.165) is 6.20 Å². The number of aryl methyl sites for hydroxylation is 1. The van der Waals surface area contributed by atoms with Gasteiger partial charge in [0.2, 0.25) is 0 Å². The van der Waals surface area contributed by atoms with Crippen molar-refractivity contribution >= 4 is 17.5 Å². The molecule has 0 bridgehead atoms. The Labute approximate surface area is 244 Å². The molecule has 1 atom stereocenters. The van der Waals surface area contributed by atoms with Crippen molar-refractivity contribution in [2.45, 2.75) is 65.7 Å². The van der Waals surface area contributed by atoms with Crippen molar-refractivity contribution in [3.05, 3.63) is 75.6 Å². The number of hydrogen-bond acceptors (Lipinski definition) is 7. The lowest BCUT2D eigenvalue weighted by molar-refractivity contribution is -0.160. The molecule has 0 radical (unpaired) electrons. The molecule has 4 aromatic rings. The lowest BCUT2D eigenvalue weighted by Gasteiger charge is -2.28. The van der Waals surface area contributed by atoms with E-state index in [9.17, 15) is 23.5 Å². The van der Waals surface area contributed by atoms with E-state index in [-0.39, 0.29) is 46.3 Å². The number of halogens is 3. The number of pyridine rings is 1. The predicted molar refractivity (Wildman–Crippen MR) is 148 cm³/mol.